The second kappa shape index (κ2) is 9.55. The highest BCUT2D eigenvalue weighted by molar-refractivity contribution is 7.89. The molecule has 0 atom stereocenters. The van der Waals surface area contributed by atoms with Crippen LogP contribution < -0.4 is 11.1 Å². The summed E-state index contributed by atoms with van der Waals surface area (Å²) in [6.07, 6.45) is 2.82. The normalized spacial score (nSPS) is 14.7. The average molecular weight is 484 g/mol. The lowest BCUT2D eigenvalue weighted by Gasteiger charge is -2.26. The Bertz CT molecular complexity index is 1280. The number of carbonyl (C=O) groups is 1. The van der Waals surface area contributed by atoms with E-state index in [1.807, 2.05) is 13.0 Å². The molecule has 0 radical (unpaired) electrons. The Kier molecular flexibility index (Phi) is 6.74. The average Bonchev–Trinajstić information content (AvgIpc) is 2.81. The van der Waals surface area contributed by atoms with Crippen molar-refractivity contribution in [2.75, 3.05) is 24.1 Å². The van der Waals surface area contributed by atoms with Gasteiger partial charge >= 0.3 is 0 Å². The third kappa shape index (κ3) is 5.05. The Morgan fingerprint density at radius 2 is 1.64 bits per heavy atom. The maximum atomic E-state index is 13.1. The minimum atomic E-state index is -3.55. The maximum absolute atomic E-state index is 13.1. The molecule has 1 saturated heterocycles. The molecule has 0 spiro atoms. The number of nitrogen functional groups attached to an aromatic ring is 1. The zero-order valence-electron chi connectivity index (χ0n) is 18.3. The molecule has 1 aliphatic rings. The van der Waals surface area contributed by atoms with Crippen LogP contribution in [0.3, 0.4) is 0 Å². The quantitative estimate of drug-likeness (QED) is 0.480. The van der Waals surface area contributed by atoms with Crippen LogP contribution in [0.15, 0.2) is 65.6 Å². The molecule has 3 aromatic rings. The molecular weight excluding hydrogens is 458 g/mol. The van der Waals surface area contributed by atoms with Gasteiger partial charge < -0.3 is 11.1 Å². The number of hydrogen-bond donors (Lipinski definition) is 2. The number of benzene rings is 3. The number of carbonyl (C=O) groups excluding carboxylic acids is 1. The molecular formula is C25H26ClN3O3S. The predicted molar refractivity (Wildman–Crippen MR) is 133 cm³/mol. The van der Waals surface area contributed by atoms with Gasteiger partial charge in [0.1, 0.15) is 0 Å². The summed E-state index contributed by atoms with van der Waals surface area (Å²) in [4.78, 5) is 12.8. The Morgan fingerprint density at radius 3 is 2.30 bits per heavy atom. The number of rotatable bonds is 5. The molecule has 0 aliphatic carbocycles. The monoisotopic (exact) mass is 483 g/mol. The molecule has 4 rings (SSSR count). The summed E-state index contributed by atoms with van der Waals surface area (Å²) in [6.45, 7) is 3.02. The number of amides is 1. The first kappa shape index (κ1) is 23.3. The van der Waals surface area contributed by atoms with Crippen LogP contribution in [-0.4, -0.2) is 31.7 Å². The first-order chi connectivity index (χ1) is 15.8. The van der Waals surface area contributed by atoms with Crippen LogP contribution in [0, 0.1) is 6.92 Å². The SMILES string of the molecule is Cc1ccc(S(=O)(=O)N2CCCCC2)cc1-c1ccc(NC(=O)c2ccc(Cl)cc2)cc1N. The number of piperidine rings is 1. The zero-order chi connectivity index (χ0) is 23.6. The summed E-state index contributed by atoms with van der Waals surface area (Å²) in [5, 5.41) is 3.38. The highest BCUT2D eigenvalue weighted by atomic mass is 35.5. The fraction of sp³-hybridized carbons (Fsp3) is 0.240. The standard InChI is InChI=1S/C25H26ClN3O3S/c1-17-5-11-21(33(31,32)29-13-3-2-4-14-29)16-23(17)22-12-10-20(15-24(22)27)28-25(30)18-6-8-19(26)9-7-18/h5-12,15-16H,2-4,13-14,27H2,1H3,(H,28,30). The van der Waals surface area contributed by atoms with E-state index in [1.54, 1.807) is 58.9 Å². The number of nitrogens with zero attached hydrogens (tertiary/aromatic N) is 1. The summed E-state index contributed by atoms with van der Waals surface area (Å²) in [6, 6.07) is 17.0. The number of nitrogens with one attached hydrogen (secondary N) is 1. The van der Waals surface area contributed by atoms with Crippen LogP contribution in [0.25, 0.3) is 11.1 Å². The van der Waals surface area contributed by atoms with Crippen molar-refractivity contribution in [2.24, 2.45) is 0 Å². The molecule has 0 aromatic heterocycles. The van der Waals surface area contributed by atoms with Crippen molar-refractivity contribution in [1.29, 1.82) is 0 Å². The fourth-order valence-corrected chi connectivity index (χ4v) is 5.67. The van der Waals surface area contributed by atoms with Crippen LogP contribution >= 0.6 is 11.6 Å². The summed E-state index contributed by atoms with van der Waals surface area (Å²) < 4.78 is 27.8. The largest absolute Gasteiger partial charge is 0.398 e. The molecule has 3 aromatic carbocycles. The minimum Gasteiger partial charge on any atom is -0.398 e. The summed E-state index contributed by atoms with van der Waals surface area (Å²) in [5.74, 6) is -0.274. The summed E-state index contributed by atoms with van der Waals surface area (Å²) in [5.41, 5.74) is 10.2. The van der Waals surface area contributed by atoms with Gasteiger partial charge in [0.15, 0.2) is 0 Å². The predicted octanol–water partition coefficient (Wildman–Crippen LogP) is 5.32. The van der Waals surface area contributed by atoms with Crippen LogP contribution in [0.2, 0.25) is 5.02 Å². The summed E-state index contributed by atoms with van der Waals surface area (Å²) in [7, 11) is -3.55. The molecule has 1 amide bonds. The summed E-state index contributed by atoms with van der Waals surface area (Å²) >= 11 is 5.88. The van der Waals surface area contributed by atoms with Crippen LogP contribution in [0.4, 0.5) is 11.4 Å². The van der Waals surface area contributed by atoms with E-state index in [0.29, 0.717) is 40.6 Å². The zero-order valence-corrected chi connectivity index (χ0v) is 19.9. The molecule has 3 N–H and O–H groups in total. The van der Waals surface area contributed by atoms with E-state index >= 15 is 0 Å². The molecule has 1 heterocycles. The van der Waals surface area contributed by atoms with Gasteiger partial charge in [0.25, 0.3) is 5.91 Å². The van der Waals surface area contributed by atoms with Gasteiger partial charge in [-0.3, -0.25) is 4.79 Å². The smallest absolute Gasteiger partial charge is 0.255 e. The van der Waals surface area contributed by atoms with Gasteiger partial charge in [-0.2, -0.15) is 4.31 Å². The van der Waals surface area contributed by atoms with E-state index in [9.17, 15) is 13.2 Å². The van der Waals surface area contributed by atoms with Gasteiger partial charge in [-0.05, 0) is 79.4 Å². The van der Waals surface area contributed by atoms with E-state index in [2.05, 4.69) is 5.32 Å². The molecule has 0 unspecified atom stereocenters. The van der Waals surface area contributed by atoms with E-state index in [1.165, 1.54) is 0 Å². The van der Waals surface area contributed by atoms with Gasteiger partial charge in [0.2, 0.25) is 10.0 Å². The van der Waals surface area contributed by atoms with Gasteiger partial charge in [0, 0.05) is 40.6 Å². The molecule has 172 valence electrons. The molecule has 0 bridgehead atoms. The van der Waals surface area contributed by atoms with Crippen LogP contribution in [0.5, 0.6) is 0 Å². The number of anilines is 2. The topological polar surface area (TPSA) is 92.5 Å². The Morgan fingerprint density at radius 1 is 0.939 bits per heavy atom. The van der Waals surface area contributed by atoms with Crippen molar-refractivity contribution in [2.45, 2.75) is 31.1 Å². The number of hydrogen-bond acceptors (Lipinski definition) is 4. The molecule has 1 fully saturated rings. The lowest BCUT2D eigenvalue weighted by Crippen LogP contribution is -2.35. The molecule has 8 heteroatoms. The van der Waals surface area contributed by atoms with Crippen LogP contribution in [0.1, 0.15) is 35.2 Å². The Labute approximate surface area is 199 Å². The van der Waals surface area contributed by atoms with Crippen molar-refractivity contribution >= 4 is 38.9 Å². The van der Waals surface area contributed by atoms with E-state index < -0.39 is 10.0 Å². The highest BCUT2D eigenvalue weighted by Crippen LogP contribution is 2.33. The van der Waals surface area contributed by atoms with Crippen molar-refractivity contribution in [3.63, 3.8) is 0 Å². The first-order valence-electron chi connectivity index (χ1n) is 10.8. The van der Waals surface area contributed by atoms with Gasteiger partial charge in [-0.1, -0.05) is 30.2 Å². The fourth-order valence-electron chi connectivity index (χ4n) is 4.00. The maximum Gasteiger partial charge on any atom is 0.255 e. The minimum absolute atomic E-state index is 0.268. The van der Waals surface area contributed by atoms with Crippen molar-refractivity contribution < 1.29 is 13.2 Å². The van der Waals surface area contributed by atoms with Gasteiger partial charge in [-0.15, -0.1) is 0 Å². The third-order valence-corrected chi connectivity index (χ3v) is 8.01. The van der Waals surface area contributed by atoms with E-state index in [-0.39, 0.29) is 10.8 Å². The van der Waals surface area contributed by atoms with Gasteiger partial charge in [-0.25, -0.2) is 8.42 Å². The number of halogens is 1. The number of sulfonamides is 1. The second-order valence-electron chi connectivity index (χ2n) is 8.20. The molecule has 6 nitrogen and oxygen atoms in total. The number of nitrogens with two attached hydrogens (primary N) is 1. The highest BCUT2D eigenvalue weighted by Gasteiger charge is 2.26. The van der Waals surface area contributed by atoms with E-state index in [4.69, 9.17) is 17.3 Å². The van der Waals surface area contributed by atoms with Crippen molar-refractivity contribution in [1.82, 2.24) is 4.31 Å². The van der Waals surface area contributed by atoms with Crippen LogP contribution in [-0.2, 0) is 10.0 Å². The Hall–Kier alpha value is -2.87. The molecule has 33 heavy (non-hydrogen) atoms. The van der Waals surface area contributed by atoms with Crippen molar-refractivity contribution in [3.8, 4) is 11.1 Å². The van der Waals surface area contributed by atoms with E-state index in [0.717, 1.165) is 30.4 Å². The third-order valence-electron chi connectivity index (χ3n) is 5.87. The lowest BCUT2D eigenvalue weighted by atomic mass is 9.99. The Balaban J connectivity index is 1.61. The second-order valence-corrected chi connectivity index (χ2v) is 10.6. The molecule has 0 saturated carbocycles. The van der Waals surface area contributed by atoms with Gasteiger partial charge in [0.05, 0.1) is 4.90 Å². The first-order valence-corrected chi connectivity index (χ1v) is 12.6. The van der Waals surface area contributed by atoms with Crippen molar-refractivity contribution in [3.05, 3.63) is 76.8 Å². The molecule has 1 aliphatic heterocycles. The number of aryl methyl sites for hydroxylation is 1. The lowest BCUT2D eigenvalue weighted by molar-refractivity contribution is 0.102.